The Morgan fingerprint density at radius 2 is 1.41 bits per heavy atom. The number of hydrogen-bond donors (Lipinski definition) is 6. The molecule has 2 unspecified atom stereocenters. The molecule has 1 heterocycles. The highest BCUT2D eigenvalue weighted by atomic mass is 16.5. The number of H-pyrrole nitrogens is 1. The maximum atomic E-state index is 13.8. The van der Waals surface area contributed by atoms with Crippen molar-refractivity contribution in [3.8, 4) is 0 Å². The fraction of sp³-hybridized carbons (Fsp3) is 0.273. The second kappa shape index (κ2) is 15.4. The topological polar surface area (TPSA) is 162 Å². The highest BCUT2D eigenvalue weighted by molar-refractivity contribution is 5.92. The summed E-state index contributed by atoms with van der Waals surface area (Å²) in [5.74, 6) is -1.88. The summed E-state index contributed by atoms with van der Waals surface area (Å²) in [6, 6.07) is 22.7. The zero-order valence-electron chi connectivity index (χ0n) is 24.6. The zero-order chi connectivity index (χ0) is 31.5. The number of likely N-dealkylation sites (N-methyl/N-ethyl adjacent to an activating group) is 1. The number of fused-ring (bicyclic) bond motifs is 1. The molecule has 0 aliphatic rings. The third-order valence-electron chi connectivity index (χ3n) is 7.19. The zero-order valence-corrected chi connectivity index (χ0v) is 24.6. The molecule has 0 saturated carbocycles. The van der Waals surface area contributed by atoms with Crippen LogP contribution in [0, 0.1) is 0 Å². The number of aromatic amines is 1. The van der Waals surface area contributed by atoms with Crippen molar-refractivity contribution in [2.75, 3.05) is 7.05 Å². The van der Waals surface area contributed by atoms with Crippen LogP contribution in [0.5, 0.6) is 0 Å². The minimum absolute atomic E-state index is 0.0308. The summed E-state index contributed by atoms with van der Waals surface area (Å²) in [6.45, 7) is 1.51. The molecule has 4 atom stereocenters. The van der Waals surface area contributed by atoms with Gasteiger partial charge in [0.25, 0.3) is 5.91 Å². The van der Waals surface area contributed by atoms with Gasteiger partial charge in [-0.25, -0.2) is 4.79 Å². The van der Waals surface area contributed by atoms with Crippen molar-refractivity contribution in [1.29, 1.82) is 0 Å². The number of para-hydroxylation sites is 1. The van der Waals surface area contributed by atoms with Crippen LogP contribution in [0.4, 0.5) is 4.79 Å². The van der Waals surface area contributed by atoms with Gasteiger partial charge in [0.2, 0.25) is 11.8 Å². The fourth-order valence-electron chi connectivity index (χ4n) is 4.76. The van der Waals surface area contributed by atoms with Crippen LogP contribution in [0.25, 0.3) is 10.9 Å². The molecule has 0 radical (unpaired) electrons. The summed E-state index contributed by atoms with van der Waals surface area (Å²) < 4.78 is 5.22. The van der Waals surface area contributed by atoms with E-state index in [-0.39, 0.29) is 19.4 Å². The van der Waals surface area contributed by atoms with Gasteiger partial charge in [0.05, 0.1) is 6.04 Å². The van der Waals surface area contributed by atoms with Crippen molar-refractivity contribution in [2.24, 2.45) is 0 Å². The maximum Gasteiger partial charge on any atom is 0.408 e. The van der Waals surface area contributed by atoms with Crippen LogP contribution in [0.15, 0.2) is 91.1 Å². The molecular weight excluding hydrogens is 562 g/mol. The van der Waals surface area contributed by atoms with Gasteiger partial charge in [-0.2, -0.15) is 0 Å². The average Bonchev–Trinajstić information content (AvgIpc) is 3.45. The Hall–Kier alpha value is -5.16. The van der Waals surface area contributed by atoms with Crippen LogP contribution in [0.3, 0.4) is 0 Å². The predicted molar refractivity (Wildman–Crippen MR) is 165 cm³/mol. The summed E-state index contributed by atoms with van der Waals surface area (Å²) in [6.07, 6.45) is -0.305. The third-order valence-corrected chi connectivity index (χ3v) is 7.19. The van der Waals surface area contributed by atoms with Crippen molar-refractivity contribution < 1.29 is 29.0 Å². The van der Waals surface area contributed by atoms with Crippen LogP contribution in [0.2, 0.25) is 0 Å². The molecule has 230 valence electrons. The number of carbonyl (C=O) groups is 4. The molecule has 0 fully saturated rings. The SMILES string of the molecule is CNC(=O)C(O)C(Cc1ccccc1)NC(=O)[C@H](Cc1c[nH]c2ccccc12)NC(=O)[C@H](C)NC(=O)OCc1ccccc1. The number of aromatic nitrogens is 1. The summed E-state index contributed by atoms with van der Waals surface area (Å²) in [5, 5.41) is 22.1. The quantitative estimate of drug-likeness (QED) is 0.138. The van der Waals surface area contributed by atoms with Crippen LogP contribution < -0.4 is 21.3 Å². The first kappa shape index (κ1) is 31.8. The summed E-state index contributed by atoms with van der Waals surface area (Å²) in [5.41, 5.74) is 3.22. The number of aliphatic hydroxyl groups is 1. The first-order valence-electron chi connectivity index (χ1n) is 14.3. The lowest BCUT2D eigenvalue weighted by molar-refractivity contribution is -0.134. The van der Waals surface area contributed by atoms with E-state index in [0.29, 0.717) is 0 Å². The van der Waals surface area contributed by atoms with Gasteiger partial charge in [-0.1, -0.05) is 78.9 Å². The van der Waals surface area contributed by atoms with Gasteiger partial charge in [0.15, 0.2) is 6.10 Å². The largest absolute Gasteiger partial charge is 0.445 e. The molecule has 4 amide bonds. The van der Waals surface area contributed by atoms with Gasteiger partial charge >= 0.3 is 6.09 Å². The number of amides is 4. The molecule has 3 aromatic carbocycles. The minimum Gasteiger partial charge on any atom is -0.445 e. The van der Waals surface area contributed by atoms with Crippen molar-refractivity contribution in [2.45, 2.75) is 50.6 Å². The Morgan fingerprint density at radius 3 is 2.09 bits per heavy atom. The molecule has 0 saturated heterocycles. The van der Waals surface area contributed by atoms with Crippen molar-refractivity contribution in [3.05, 3.63) is 108 Å². The first-order valence-corrected chi connectivity index (χ1v) is 14.3. The number of carbonyl (C=O) groups excluding carboxylic acids is 4. The summed E-state index contributed by atoms with van der Waals surface area (Å²) in [4.78, 5) is 54.9. The number of alkyl carbamates (subject to hydrolysis) is 1. The van der Waals surface area contributed by atoms with E-state index >= 15 is 0 Å². The normalized spacial score (nSPS) is 13.6. The first-order chi connectivity index (χ1) is 21.2. The van der Waals surface area contributed by atoms with Crippen LogP contribution in [-0.4, -0.2) is 65.2 Å². The lowest BCUT2D eigenvalue weighted by Crippen LogP contribution is -2.58. The number of benzene rings is 3. The standard InChI is InChI=1S/C33H37N5O6/c1-21(36-33(43)44-20-23-13-7-4-8-14-23)30(40)38-28(18-24-19-35-26-16-10-9-15-25(24)26)31(41)37-27(29(39)32(42)34-2)17-22-11-5-3-6-12-22/h3-16,19,21,27-29,35,39H,17-18,20H2,1-2H3,(H,34,42)(H,36,43)(H,37,41)(H,38,40)/t21-,27?,28-,29?/m0/s1. The van der Waals surface area contributed by atoms with E-state index in [1.54, 1.807) is 6.20 Å². The van der Waals surface area contributed by atoms with Crippen molar-refractivity contribution in [3.63, 3.8) is 0 Å². The van der Waals surface area contributed by atoms with Crippen molar-refractivity contribution >= 4 is 34.7 Å². The Bertz CT molecular complexity index is 1560. The average molecular weight is 600 g/mol. The fourth-order valence-corrected chi connectivity index (χ4v) is 4.76. The number of ether oxygens (including phenoxy) is 1. The van der Waals surface area contributed by atoms with E-state index in [0.717, 1.165) is 27.6 Å². The van der Waals surface area contributed by atoms with Crippen molar-refractivity contribution in [1.82, 2.24) is 26.3 Å². The highest BCUT2D eigenvalue weighted by Crippen LogP contribution is 2.19. The molecule has 0 spiro atoms. The van der Waals surface area contributed by atoms with E-state index in [9.17, 15) is 24.3 Å². The molecule has 44 heavy (non-hydrogen) atoms. The van der Waals surface area contributed by atoms with Gasteiger partial charge < -0.3 is 36.1 Å². The molecule has 6 N–H and O–H groups in total. The van der Waals surface area contributed by atoms with Crippen LogP contribution in [-0.2, 0) is 38.6 Å². The lowest BCUT2D eigenvalue weighted by Gasteiger charge is -2.27. The van der Waals surface area contributed by atoms with Gasteiger partial charge in [0.1, 0.15) is 18.7 Å². The summed E-state index contributed by atoms with van der Waals surface area (Å²) >= 11 is 0. The molecule has 11 heteroatoms. The Morgan fingerprint density at radius 1 is 0.773 bits per heavy atom. The second-order valence-electron chi connectivity index (χ2n) is 10.4. The highest BCUT2D eigenvalue weighted by Gasteiger charge is 2.32. The monoisotopic (exact) mass is 599 g/mol. The molecular formula is C33H37N5O6. The minimum atomic E-state index is -1.55. The Labute approximate surface area is 255 Å². The van der Waals surface area contributed by atoms with Crippen LogP contribution >= 0.6 is 0 Å². The number of nitrogens with one attached hydrogen (secondary N) is 5. The van der Waals surface area contributed by atoms with E-state index in [1.807, 2.05) is 84.9 Å². The number of aliphatic hydroxyl groups excluding tert-OH is 1. The third kappa shape index (κ3) is 8.68. The smallest absolute Gasteiger partial charge is 0.408 e. The van der Waals surface area contributed by atoms with Crippen LogP contribution in [0.1, 0.15) is 23.6 Å². The van der Waals surface area contributed by atoms with Gasteiger partial charge in [-0.05, 0) is 36.1 Å². The van der Waals surface area contributed by atoms with Gasteiger partial charge in [-0.3, -0.25) is 14.4 Å². The molecule has 0 aliphatic carbocycles. The Balaban J connectivity index is 1.50. The molecule has 4 rings (SSSR count). The molecule has 0 aliphatic heterocycles. The van der Waals surface area contributed by atoms with E-state index in [4.69, 9.17) is 4.74 Å². The molecule has 11 nitrogen and oxygen atoms in total. The predicted octanol–water partition coefficient (Wildman–Crippen LogP) is 2.34. The van der Waals surface area contributed by atoms with Gasteiger partial charge in [0, 0.05) is 30.6 Å². The lowest BCUT2D eigenvalue weighted by atomic mass is 9.99. The molecule has 1 aromatic heterocycles. The number of rotatable bonds is 13. The van der Waals surface area contributed by atoms with Gasteiger partial charge in [-0.15, -0.1) is 0 Å². The molecule has 0 bridgehead atoms. The second-order valence-corrected chi connectivity index (χ2v) is 10.4. The summed E-state index contributed by atoms with van der Waals surface area (Å²) in [7, 11) is 1.40. The van der Waals surface area contributed by atoms with E-state index in [1.165, 1.54) is 14.0 Å². The maximum absolute atomic E-state index is 13.8. The number of hydrogen-bond acceptors (Lipinski definition) is 6. The Kier molecular flexibility index (Phi) is 11.1. The molecule has 4 aromatic rings. The van der Waals surface area contributed by atoms with E-state index < -0.39 is 48.0 Å². The van der Waals surface area contributed by atoms with E-state index in [2.05, 4.69) is 26.3 Å².